The molecule has 0 bridgehead atoms. The van der Waals surface area contributed by atoms with E-state index in [4.69, 9.17) is 0 Å². The summed E-state index contributed by atoms with van der Waals surface area (Å²) < 4.78 is 2.14. The van der Waals surface area contributed by atoms with Crippen molar-refractivity contribution in [3.05, 3.63) is 47.8 Å². The van der Waals surface area contributed by atoms with Crippen molar-refractivity contribution >= 4 is 17.2 Å². The summed E-state index contributed by atoms with van der Waals surface area (Å²) in [6.45, 7) is 3.67. The molecule has 1 aliphatic heterocycles. The highest BCUT2D eigenvalue weighted by molar-refractivity contribution is 7.13. The number of aromatic nitrogens is 5. The zero-order valence-electron chi connectivity index (χ0n) is 15.3. The maximum atomic E-state index is 13.1. The smallest absolute Gasteiger partial charge is 0.273 e. The van der Waals surface area contributed by atoms with Gasteiger partial charge in [0.2, 0.25) is 0 Å². The molecule has 0 saturated carbocycles. The van der Waals surface area contributed by atoms with E-state index in [-0.39, 0.29) is 11.9 Å². The van der Waals surface area contributed by atoms with Gasteiger partial charge in [-0.25, -0.2) is 19.9 Å². The van der Waals surface area contributed by atoms with Crippen LogP contribution in [0.2, 0.25) is 0 Å². The van der Waals surface area contributed by atoms with Crippen molar-refractivity contribution in [2.24, 2.45) is 0 Å². The van der Waals surface area contributed by atoms with E-state index in [0.29, 0.717) is 16.5 Å². The first-order chi connectivity index (χ1) is 13.2. The second-order valence-electron chi connectivity index (χ2n) is 6.71. The number of thiazole rings is 1. The van der Waals surface area contributed by atoms with Gasteiger partial charge in [-0.05, 0) is 38.7 Å². The van der Waals surface area contributed by atoms with E-state index < -0.39 is 0 Å². The summed E-state index contributed by atoms with van der Waals surface area (Å²) >= 11 is 1.41. The second kappa shape index (κ2) is 7.96. The van der Waals surface area contributed by atoms with Crippen molar-refractivity contribution in [1.82, 2.24) is 29.4 Å². The molecule has 1 fully saturated rings. The average molecular weight is 382 g/mol. The third kappa shape index (κ3) is 3.90. The Morgan fingerprint density at radius 3 is 2.85 bits per heavy atom. The first-order valence-corrected chi connectivity index (χ1v) is 10.1. The first-order valence-electron chi connectivity index (χ1n) is 9.24. The topological polar surface area (TPSA) is 76.8 Å². The maximum absolute atomic E-state index is 13.1. The van der Waals surface area contributed by atoms with Crippen LogP contribution in [0.1, 0.15) is 42.0 Å². The molecule has 4 heterocycles. The molecule has 7 nitrogen and oxygen atoms in total. The lowest BCUT2D eigenvalue weighted by Crippen LogP contribution is -2.44. The van der Waals surface area contributed by atoms with E-state index in [1.807, 2.05) is 29.6 Å². The molecule has 1 saturated heterocycles. The van der Waals surface area contributed by atoms with Crippen LogP contribution in [0.3, 0.4) is 0 Å². The minimum absolute atomic E-state index is 0.0143. The summed E-state index contributed by atoms with van der Waals surface area (Å²) in [7, 11) is 0. The van der Waals surface area contributed by atoms with Gasteiger partial charge in [0, 0.05) is 49.3 Å². The summed E-state index contributed by atoms with van der Waals surface area (Å²) in [6.07, 6.45) is 11.4. The molecule has 1 atom stereocenters. The second-order valence-corrected chi connectivity index (χ2v) is 7.57. The van der Waals surface area contributed by atoms with Crippen molar-refractivity contribution < 1.29 is 4.79 Å². The number of piperidine rings is 1. The monoisotopic (exact) mass is 382 g/mol. The quantitative estimate of drug-likeness (QED) is 0.677. The van der Waals surface area contributed by atoms with Crippen molar-refractivity contribution in [1.29, 1.82) is 0 Å². The lowest BCUT2D eigenvalue weighted by molar-refractivity contribution is 0.0590. The summed E-state index contributed by atoms with van der Waals surface area (Å²) in [6, 6.07) is 2.01. The van der Waals surface area contributed by atoms with Gasteiger partial charge in [0.15, 0.2) is 10.8 Å². The molecule has 4 rings (SSSR count). The molecular formula is C19H22N6OS. The number of hydrogen-bond donors (Lipinski definition) is 0. The van der Waals surface area contributed by atoms with Crippen LogP contribution in [0.5, 0.6) is 0 Å². The number of carbonyl (C=O) groups excluding carboxylic acids is 1. The van der Waals surface area contributed by atoms with E-state index in [0.717, 1.165) is 44.6 Å². The molecular weight excluding hydrogens is 360 g/mol. The number of aryl methyl sites for hydroxylation is 2. The maximum Gasteiger partial charge on any atom is 0.273 e. The van der Waals surface area contributed by atoms with E-state index >= 15 is 0 Å². The Kier molecular flexibility index (Phi) is 5.24. The Labute approximate surface area is 162 Å². The summed E-state index contributed by atoms with van der Waals surface area (Å²) in [5.74, 6) is 1.59. The lowest BCUT2D eigenvalue weighted by Gasteiger charge is -2.35. The van der Waals surface area contributed by atoms with Crippen LogP contribution in [0, 0.1) is 6.92 Å². The zero-order chi connectivity index (χ0) is 18.6. The lowest BCUT2D eigenvalue weighted by atomic mass is 9.99. The van der Waals surface area contributed by atoms with Crippen molar-refractivity contribution in [2.75, 3.05) is 6.54 Å². The van der Waals surface area contributed by atoms with E-state index in [1.54, 1.807) is 18.5 Å². The molecule has 3 aromatic rings. The normalized spacial score (nSPS) is 17.2. The Morgan fingerprint density at radius 1 is 1.22 bits per heavy atom. The summed E-state index contributed by atoms with van der Waals surface area (Å²) in [5.41, 5.74) is 0.494. The predicted molar refractivity (Wildman–Crippen MR) is 103 cm³/mol. The molecule has 0 radical (unpaired) electrons. The van der Waals surface area contributed by atoms with Crippen molar-refractivity contribution in [3.63, 3.8) is 0 Å². The van der Waals surface area contributed by atoms with Gasteiger partial charge in [0.05, 0.1) is 0 Å². The number of rotatable bonds is 5. The first kappa shape index (κ1) is 17.8. The fraction of sp³-hybridized carbons (Fsp3) is 0.421. The van der Waals surface area contributed by atoms with E-state index in [2.05, 4.69) is 24.5 Å². The van der Waals surface area contributed by atoms with E-state index in [9.17, 15) is 4.79 Å². The minimum Gasteiger partial charge on any atom is -0.335 e. The SMILES string of the molecule is Cc1nccn1CCC1CCCCN1C(=O)c1csc(-c2ncccn2)n1. The van der Waals surface area contributed by atoms with E-state index in [1.165, 1.54) is 11.3 Å². The summed E-state index contributed by atoms with van der Waals surface area (Å²) in [4.78, 5) is 32.3. The molecule has 1 aliphatic rings. The molecule has 27 heavy (non-hydrogen) atoms. The van der Waals surface area contributed by atoms with Crippen LogP contribution in [0.4, 0.5) is 0 Å². The molecule has 0 aromatic carbocycles. The van der Waals surface area contributed by atoms with Crippen molar-refractivity contribution in [3.8, 4) is 10.8 Å². The van der Waals surface area contributed by atoms with Crippen molar-refractivity contribution in [2.45, 2.75) is 45.2 Å². The average Bonchev–Trinajstić information content (AvgIpc) is 3.36. The molecule has 8 heteroatoms. The molecule has 0 N–H and O–H groups in total. The van der Waals surface area contributed by atoms with Gasteiger partial charge in [-0.15, -0.1) is 11.3 Å². The number of hydrogen-bond acceptors (Lipinski definition) is 6. The van der Waals surface area contributed by atoms with Crippen LogP contribution in [-0.4, -0.2) is 47.9 Å². The molecule has 1 amide bonds. The number of amides is 1. The van der Waals surface area contributed by atoms with Gasteiger partial charge in [-0.1, -0.05) is 0 Å². The summed E-state index contributed by atoms with van der Waals surface area (Å²) in [5, 5.41) is 2.50. The van der Waals surface area contributed by atoms with Gasteiger partial charge >= 0.3 is 0 Å². The van der Waals surface area contributed by atoms with Crippen LogP contribution < -0.4 is 0 Å². The number of nitrogens with zero attached hydrogens (tertiary/aromatic N) is 6. The molecule has 3 aromatic heterocycles. The van der Waals surface area contributed by atoms with Crippen LogP contribution in [0.15, 0.2) is 36.2 Å². The number of imidazole rings is 1. The van der Waals surface area contributed by atoms with Gasteiger partial charge in [-0.2, -0.15) is 0 Å². The van der Waals surface area contributed by atoms with Gasteiger partial charge in [0.25, 0.3) is 5.91 Å². The van der Waals surface area contributed by atoms with Gasteiger partial charge < -0.3 is 9.47 Å². The number of carbonyl (C=O) groups is 1. The standard InChI is InChI=1S/C19H22N6OS/c1-14-20-9-12-24(14)11-6-15-5-2-3-10-25(15)19(26)16-13-27-18(23-16)17-21-7-4-8-22-17/h4,7-9,12-13,15H,2-3,5-6,10-11H2,1H3. The van der Waals surface area contributed by atoms with Crippen LogP contribution in [-0.2, 0) is 6.54 Å². The third-order valence-electron chi connectivity index (χ3n) is 5.00. The Balaban J connectivity index is 1.47. The molecule has 140 valence electrons. The largest absolute Gasteiger partial charge is 0.335 e. The molecule has 0 aliphatic carbocycles. The van der Waals surface area contributed by atoms with Crippen LogP contribution in [0.25, 0.3) is 10.8 Å². The fourth-order valence-electron chi connectivity index (χ4n) is 3.53. The molecule has 1 unspecified atom stereocenters. The third-order valence-corrected chi connectivity index (χ3v) is 5.83. The Morgan fingerprint density at radius 2 is 2.07 bits per heavy atom. The number of likely N-dealkylation sites (tertiary alicyclic amines) is 1. The molecule has 0 spiro atoms. The van der Waals surface area contributed by atoms with Gasteiger partial charge in [-0.3, -0.25) is 4.79 Å². The highest BCUT2D eigenvalue weighted by Gasteiger charge is 2.29. The zero-order valence-corrected chi connectivity index (χ0v) is 16.1. The Hall–Kier alpha value is -2.61. The highest BCUT2D eigenvalue weighted by atomic mass is 32.1. The minimum atomic E-state index is 0.0143. The fourth-order valence-corrected chi connectivity index (χ4v) is 4.27. The van der Waals surface area contributed by atoms with Crippen LogP contribution >= 0.6 is 11.3 Å². The highest BCUT2D eigenvalue weighted by Crippen LogP contribution is 2.25. The Bertz CT molecular complexity index is 906. The van der Waals surface area contributed by atoms with Gasteiger partial charge in [0.1, 0.15) is 11.5 Å². The predicted octanol–water partition coefficient (Wildman–Crippen LogP) is 3.19.